The van der Waals surface area contributed by atoms with Crippen molar-refractivity contribution in [3.05, 3.63) is 70.2 Å². The zero-order chi connectivity index (χ0) is 17.6. The number of nitrogens with one attached hydrogen (secondary N) is 1. The van der Waals surface area contributed by atoms with Gasteiger partial charge >= 0.3 is 0 Å². The Kier molecular flexibility index (Phi) is 5.00. The molecule has 0 radical (unpaired) electrons. The number of hydrogen-bond acceptors (Lipinski definition) is 6. The van der Waals surface area contributed by atoms with Crippen LogP contribution in [0.15, 0.2) is 60.1 Å². The van der Waals surface area contributed by atoms with E-state index < -0.39 is 4.92 Å². The Labute approximate surface area is 147 Å². The lowest BCUT2D eigenvalue weighted by Crippen LogP contribution is -2.20. The predicted molar refractivity (Wildman–Crippen MR) is 94.8 cm³/mol. The van der Waals surface area contributed by atoms with Gasteiger partial charge in [0.1, 0.15) is 10.8 Å². The summed E-state index contributed by atoms with van der Waals surface area (Å²) in [5.74, 6) is 0.0696. The fourth-order valence-electron chi connectivity index (χ4n) is 2.07. The van der Waals surface area contributed by atoms with Gasteiger partial charge in [0.2, 0.25) is 0 Å². The summed E-state index contributed by atoms with van der Waals surface area (Å²) < 4.78 is 5.31. The van der Waals surface area contributed by atoms with Crippen LogP contribution in [0.4, 0.5) is 11.4 Å². The molecule has 25 heavy (non-hydrogen) atoms. The van der Waals surface area contributed by atoms with Crippen molar-refractivity contribution in [2.45, 2.75) is 0 Å². The van der Waals surface area contributed by atoms with Crippen LogP contribution in [-0.4, -0.2) is 22.4 Å². The molecule has 0 saturated carbocycles. The number of nitro groups is 1. The molecule has 0 aliphatic rings. The molecule has 0 spiro atoms. The summed E-state index contributed by atoms with van der Waals surface area (Å²) >= 11 is 1.54. The first-order chi connectivity index (χ1) is 12.1. The number of amides is 1. The van der Waals surface area contributed by atoms with Crippen molar-refractivity contribution in [3.8, 4) is 16.3 Å². The van der Waals surface area contributed by atoms with Gasteiger partial charge in [-0.25, -0.2) is 4.98 Å². The van der Waals surface area contributed by atoms with Crippen LogP contribution in [0.1, 0.15) is 0 Å². The number of benzene rings is 2. The molecule has 0 unspecified atom stereocenters. The highest BCUT2D eigenvalue weighted by Gasteiger charge is 2.07. The number of non-ortho nitro benzene ring substituents is 1. The number of rotatable bonds is 6. The molecule has 0 fully saturated rings. The molecule has 1 amide bonds. The largest absolute Gasteiger partial charge is 0.484 e. The zero-order valence-corrected chi connectivity index (χ0v) is 13.7. The van der Waals surface area contributed by atoms with Gasteiger partial charge < -0.3 is 10.1 Å². The van der Waals surface area contributed by atoms with Gasteiger partial charge in [-0.15, -0.1) is 11.3 Å². The second kappa shape index (κ2) is 7.54. The summed E-state index contributed by atoms with van der Waals surface area (Å²) in [6, 6.07) is 12.9. The molecule has 1 heterocycles. The maximum absolute atomic E-state index is 11.9. The molecule has 0 saturated heterocycles. The molecule has 126 valence electrons. The first-order valence-corrected chi connectivity index (χ1v) is 8.17. The van der Waals surface area contributed by atoms with Crippen LogP contribution in [0.5, 0.6) is 5.75 Å². The molecule has 3 rings (SSSR count). The van der Waals surface area contributed by atoms with Crippen LogP contribution < -0.4 is 10.1 Å². The van der Waals surface area contributed by atoms with E-state index in [1.807, 2.05) is 17.5 Å². The molecule has 0 aliphatic heterocycles. The molecule has 1 aromatic heterocycles. The minimum Gasteiger partial charge on any atom is -0.484 e. The molecule has 1 N–H and O–H groups in total. The molecular formula is C17H13N3O4S. The van der Waals surface area contributed by atoms with E-state index in [4.69, 9.17) is 4.74 Å². The van der Waals surface area contributed by atoms with E-state index in [1.165, 1.54) is 24.3 Å². The van der Waals surface area contributed by atoms with Gasteiger partial charge in [0.05, 0.1) is 4.92 Å². The molecule has 7 nitrogen and oxygen atoms in total. The molecular weight excluding hydrogens is 342 g/mol. The Balaban J connectivity index is 1.53. The van der Waals surface area contributed by atoms with Gasteiger partial charge in [0, 0.05) is 35.0 Å². The van der Waals surface area contributed by atoms with E-state index in [9.17, 15) is 14.9 Å². The fraction of sp³-hybridized carbons (Fsp3) is 0.0588. The smallest absolute Gasteiger partial charge is 0.269 e. The van der Waals surface area contributed by atoms with Gasteiger partial charge in [-0.2, -0.15) is 0 Å². The molecule has 3 aromatic rings. The maximum atomic E-state index is 11.9. The molecule has 2 aromatic carbocycles. The molecule has 0 bridgehead atoms. The average Bonchev–Trinajstić information content (AvgIpc) is 3.15. The summed E-state index contributed by atoms with van der Waals surface area (Å²) in [5.41, 5.74) is 1.60. The molecule has 0 atom stereocenters. The minimum absolute atomic E-state index is 0.0304. The van der Waals surface area contributed by atoms with E-state index in [0.29, 0.717) is 11.4 Å². The van der Waals surface area contributed by atoms with Crippen LogP contribution in [-0.2, 0) is 4.79 Å². The van der Waals surface area contributed by atoms with Crippen molar-refractivity contribution >= 4 is 28.6 Å². The zero-order valence-electron chi connectivity index (χ0n) is 12.9. The number of nitrogens with zero attached hydrogens (tertiary/aromatic N) is 2. The standard InChI is InChI=1S/C17H13N3O4S/c21-16(11-24-15-7-5-14(6-8-15)20(22)23)19-13-3-1-12(2-4-13)17-18-9-10-25-17/h1-10H,11H2,(H,19,21). The van der Waals surface area contributed by atoms with Crippen molar-refractivity contribution < 1.29 is 14.5 Å². The first kappa shape index (κ1) is 16.6. The first-order valence-electron chi connectivity index (χ1n) is 7.29. The third-order valence-corrected chi connectivity index (χ3v) is 4.09. The van der Waals surface area contributed by atoms with Crippen LogP contribution in [0.25, 0.3) is 10.6 Å². The predicted octanol–water partition coefficient (Wildman–Crippen LogP) is 3.74. The number of aromatic nitrogens is 1. The highest BCUT2D eigenvalue weighted by Crippen LogP contribution is 2.23. The highest BCUT2D eigenvalue weighted by molar-refractivity contribution is 7.13. The van der Waals surface area contributed by atoms with Crippen LogP contribution >= 0.6 is 11.3 Å². The van der Waals surface area contributed by atoms with Crippen LogP contribution in [0.3, 0.4) is 0 Å². The number of thiazole rings is 1. The van der Waals surface area contributed by atoms with Gasteiger partial charge in [-0.1, -0.05) is 0 Å². The summed E-state index contributed by atoms with van der Waals surface area (Å²) in [6.45, 7) is -0.188. The Morgan fingerprint density at radius 3 is 2.48 bits per heavy atom. The quantitative estimate of drug-likeness (QED) is 0.537. The third kappa shape index (κ3) is 4.39. The van der Waals surface area contributed by atoms with E-state index in [1.54, 1.807) is 29.7 Å². The van der Waals surface area contributed by atoms with Gasteiger partial charge in [-0.3, -0.25) is 14.9 Å². The van der Waals surface area contributed by atoms with Crippen molar-refractivity contribution in [1.29, 1.82) is 0 Å². The number of carbonyl (C=O) groups excluding carboxylic acids is 1. The Bertz CT molecular complexity index is 862. The van der Waals surface area contributed by atoms with Crippen molar-refractivity contribution in [1.82, 2.24) is 4.98 Å². The summed E-state index contributed by atoms with van der Waals surface area (Å²) in [7, 11) is 0. The van der Waals surface area contributed by atoms with Crippen LogP contribution in [0, 0.1) is 10.1 Å². The SMILES string of the molecule is O=C(COc1ccc([N+](=O)[O-])cc1)Nc1ccc(-c2nccs2)cc1. The van der Waals surface area contributed by atoms with E-state index in [-0.39, 0.29) is 18.2 Å². The lowest BCUT2D eigenvalue weighted by Gasteiger charge is -2.08. The maximum Gasteiger partial charge on any atom is 0.269 e. The monoisotopic (exact) mass is 355 g/mol. The Morgan fingerprint density at radius 2 is 1.88 bits per heavy atom. The highest BCUT2D eigenvalue weighted by atomic mass is 32.1. The van der Waals surface area contributed by atoms with Gasteiger partial charge in [0.15, 0.2) is 6.61 Å². The van der Waals surface area contributed by atoms with Gasteiger partial charge in [-0.05, 0) is 36.4 Å². The fourth-order valence-corrected chi connectivity index (χ4v) is 2.72. The van der Waals surface area contributed by atoms with E-state index >= 15 is 0 Å². The minimum atomic E-state index is -0.494. The molecule has 0 aliphatic carbocycles. The second-order valence-corrected chi connectivity index (χ2v) is 5.90. The van der Waals surface area contributed by atoms with Crippen molar-refractivity contribution in [2.24, 2.45) is 0 Å². The second-order valence-electron chi connectivity index (χ2n) is 5.00. The topological polar surface area (TPSA) is 94.4 Å². The number of nitro benzene ring substituents is 1. The number of hydrogen-bond donors (Lipinski definition) is 1. The van der Waals surface area contributed by atoms with E-state index in [0.717, 1.165) is 10.6 Å². The molecule has 8 heteroatoms. The summed E-state index contributed by atoms with van der Waals surface area (Å²) in [4.78, 5) is 26.2. The average molecular weight is 355 g/mol. The number of ether oxygens (including phenoxy) is 1. The van der Waals surface area contributed by atoms with E-state index in [2.05, 4.69) is 10.3 Å². The summed E-state index contributed by atoms with van der Waals surface area (Å²) in [6.07, 6.45) is 1.74. The Hall–Kier alpha value is -3.26. The van der Waals surface area contributed by atoms with Crippen molar-refractivity contribution in [3.63, 3.8) is 0 Å². The van der Waals surface area contributed by atoms with Crippen molar-refractivity contribution in [2.75, 3.05) is 11.9 Å². The lowest BCUT2D eigenvalue weighted by atomic mass is 10.2. The third-order valence-electron chi connectivity index (χ3n) is 3.27. The Morgan fingerprint density at radius 1 is 1.16 bits per heavy atom. The number of anilines is 1. The van der Waals surface area contributed by atoms with Crippen LogP contribution in [0.2, 0.25) is 0 Å². The van der Waals surface area contributed by atoms with Gasteiger partial charge in [0.25, 0.3) is 11.6 Å². The normalized spacial score (nSPS) is 10.2. The summed E-state index contributed by atoms with van der Waals surface area (Å²) in [5, 5.41) is 16.1. The lowest BCUT2D eigenvalue weighted by molar-refractivity contribution is -0.384. The number of carbonyl (C=O) groups is 1.